The van der Waals surface area contributed by atoms with Gasteiger partial charge in [-0.15, -0.1) is 0 Å². The van der Waals surface area contributed by atoms with Crippen molar-refractivity contribution in [2.75, 3.05) is 0 Å². The molecule has 1 heterocycles. The number of rotatable bonds is 1. The van der Waals surface area contributed by atoms with Gasteiger partial charge in [0.25, 0.3) is 5.95 Å². The van der Waals surface area contributed by atoms with Gasteiger partial charge in [-0.05, 0) is 13.0 Å². The molecule has 0 saturated heterocycles. The number of hydrogen-bond acceptors (Lipinski definition) is 2. The average Bonchev–Trinajstić information content (AvgIpc) is 2.63. The standard InChI is InChI=1S/C11H10O2.C2H6/c1-8-7-10(13-11(8)12)9-5-3-2-4-6-9;1-2/h2-7,12H,1H3;1-2H3. The molecule has 2 nitrogen and oxygen atoms in total. The van der Waals surface area contributed by atoms with Crippen LogP contribution in [0.3, 0.4) is 0 Å². The molecule has 0 atom stereocenters. The highest BCUT2D eigenvalue weighted by Gasteiger charge is 2.06. The smallest absolute Gasteiger partial charge is 0.285 e. The summed E-state index contributed by atoms with van der Waals surface area (Å²) in [6, 6.07) is 11.5. The molecular weight excluding hydrogens is 188 g/mol. The molecule has 0 aliphatic carbocycles. The number of aromatic hydroxyl groups is 1. The molecule has 2 rings (SSSR count). The highest BCUT2D eigenvalue weighted by atomic mass is 16.5. The normalized spacial score (nSPS) is 9.27. The van der Waals surface area contributed by atoms with Crippen LogP contribution in [0.4, 0.5) is 0 Å². The van der Waals surface area contributed by atoms with E-state index in [0.29, 0.717) is 5.76 Å². The summed E-state index contributed by atoms with van der Waals surface area (Å²) < 4.78 is 5.16. The van der Waals surface area contributed by atoms with Crippen LogP contribution in [-0.2, 0) is 0 Å². The van der Waals surface area contributed by atoms with Crippen LogP contribution in [0.25, 0.3) is 11.3 Å². The highest BCUT2D eigenvalue weighted by molar-refractivity contribution is 5.59. The van der Waals surface area contributed by atoms with Gasteiger partial charge in [0.05, 0.1) is 0 Å². The maximum absolute atomic E-state index is 9.23. The van der Waals surface area contributed by atoms with Crippen LogP contribution in [0.1, 0.15) is 19.4 Å². The van der Waals surface area contributed by atoms with Crippen LogP contribution in [-0.4, -0.2) is 5.11 Å². The van der Waals surface area contributed by atoms with Gasteiger partial charge in [0.15, 0.2) is 0 Å². The Morgan fingerprint density at radius 2 is 1.67 bits per heavy atom. The summed E-state index contributed by atoms with van der Waals surface area (Å²) in [6.45, 7) is 5.81. The van der Waals surface area contributed by atoms with E-state index in [-0.39, 0.29) is 5.95 Å². The number of aryl methyl sites for hydroxylation is 1. The topological polar surface area (TPSA) is 33.4 Å². The molecule has 0 radical (unpaired) electrons. The van der Waals surface area contributed by atoms with Crippen molar-refractivity contribution in [2.24, 2.45) is 0 Å². The Balaban J connectivity index is 0.000000531. The number of hydrogen-bond donors (Lipinski definition) is 1. The molecule has 0 unspecified atom stereocenters. The van der Waals surface area contributed by atoms with Gasteiger partial charge in [0.2, 0.25) is 0 Å². The number of furan rings is 1. The van der Waals surface area contributed by atoms with E-state index in [9.17, 15) is 5.11 Å². The summed E-state index contributed by atoms with van der Waals surface area (Å²) in [5.74, 6) is 0.703. The lowest BCUT2D eigenvalue weighted by Crippen LogP contribution is -1.69. The fourth-order valence-corrected chi connectivity index (χ4v) is 1.22. The molecule has 1 N–H and O–H groups in total. The van der Waals surface area contributed by atoms with Crippen molar-refractivity contribution in [1.29, 1.82) is 0 Å². The molecule has 2 aromatic rings. The van der Waals surface area contributed by atoms with Gasteiger partial charge in [0, 0.05) is 11.1 Å². The Morgan fingerprint density at radius 3 is 2.13 bits per heavy atom. The van der Waals surface area contributed by atoms with Crippen molar-refractivity contribution in [3.8, 4) is 17.3 Å². The Morgan fingerprint density at radius 1 is 1.07 bits per heavy atom. The monoisotopic (exact) mass is 204 g/mol. The van der Waals surface area contributed by atoms with Gasteiger partial charge in [-0.25, -0.2) is 0 Å². The van der Waals surface area contributed by atoms with Gasteiger partial charge in [0.1, 0.15) is 5.76 Å². The van der Waals surface area contributed by atoms with Crippen molar-refractivity contribution in [1.82, 2.24) is 0 Å². The summed E-state index contributed by atoms with van der Waals surface area (Å²) in [5.41, 5.74) is 1.74. The van der Waals surface area contributed by atoms with Crippen molar-refractivity contribution >= 4 is 0 Å². The second-order valence-electron chi connectivity index (χ2n) is 2.96. The van der Waals surface area contributed by atoms with Crippen LogP contribution in [0.15, 0.2) is 40.8 Å². The fourth-order valence-electron chi connectivity index (χ4n) is 1.22. The lowest BCUT2D eigenvalue weighted by atomic mass is 10.1. The van der Waals surface area contributed by atoms with Gasteiger partial charge in [-0.3, -0.25) is 0 Å². The second kappa shape index (κ2) is 5.25. The first kappa shape index (κ1) is 11.4. The zero-order valence-electron chi connectivity index (χ0n) is 9.32. The maximum atomic E-state index is 9.23. The molecule has 0 bridgehead atoms. The Kier molecular flexibility index (Phi) is 3.98. The van der Waals surface area contributed by atoms with E-state index in [4.69, 9.17) is 4.42 Å². The lowest BCUT2D eigenvalue weighted by molar-refractivity contribution is 0.334. The zero-order valence-corrected chi connectivity index (χ0v) is 9.32. The SMILES string of the molecule is CC.Cc1cc(-c2ccccc2)oc1O. The van der Waals surface area contributed by atoms with E-state index in [1.54, 1.807) is 0 Å². The molecule has 15 heavy (non-hydrogen) atoms. The third-order valence-electron chi connectivity index (χ3n) is 1.95. The lowest BCUT2D eigenvalue weighted by Gasteiger charge is -1.93. The van der Waals surface area contributed by atoms with Crippen LogP contribution < -0.4 is 0 Å². The molecule has 1 aromatic carbocycles. The molecule has 0 aliphatic rings. The van der Waals surface area contributed by atoms with E-state index in [2.05, 4.69) is 0 Å². The highest BCUT2D eigenvalue weighted by Crippen LogP contribution is 2.28. The van der Waals surface area contributed by atoms with Crippen LogP contribution in [0.5, 0.6) is 5.95 Å². The molecule has 0 amide bonds. The van der Waals surface area contributed by atoms with Gasteiger partial charge in [-0.2, -0.15) is 0 Å². The quantitative estimate of drug-likeness (QED) is 0.762. The third-order valence-corrected chi connectivity index (χ3v) is 1.95. The molecular formula is C13H16O2. The summed E-state index contributed by atoms with van der Waals surface area (Å²) >= 11 is 0. The van der Waals surface area contributed by atoms with E-state index in [1.807, 2.05) is 57.2 Å². The van der Waals surface area contributed by atoms with Gasteiger partial charge in [-0.1, -0.05) is 44.2 Å². The van der Waals surface area contributed by atoms with E-state index >= 15 is 0 Å². The minimum Gasteiger partial charge on any atom is -0.481 e. The first-order chi connectivity index (χ1) is 7.27. The van der Waals surface area contributed by atoms with E-state index < -0.39 is 0 Å². The average molecular weight is 204 g/mol. The van der Waals surface area contributed by atoms with Gasteiger partial charge < -0.3 is 9.52 Å². The number of benzene rings is 1. The molecule has 2 heteroatoms. The predicted molar refractivity (Wildman–Crippen MR) is 61.9 cm³/mol. The van der Waals surface area contributed by atoms with Crippen molar-refractivity contribution in [2.45, 2.75) is 20.8 Å². The van der Waals surface area contributed by atoms with Crippen LogP contribution in [0, 0.1) is 6.92 Å². The Bertz CT molecular complexity index is 382. The predicted octanol–water partition coefficient (Wildman–Crippen LogP) is 3.99. The molecule has 0 spiro atoms. The second-order valence-corrected chi connectivity index (χ2v) is 2.96. The molecule has 0 aliphatic heterocycles. The summed E-state index contributed by atoms with van der Waals surface area (Å²) in [6.07, 6.45) is 0. The van der Waals surface area contributed by atoms with Crippen molar-refractivity contribution in [3.63, 3.8) is 0 Å². The van der Waals surface area contributed by atoms with Crippen LogP contribution in [0.2, 0.25) is 0 Å². The summed E-state index contributed by atoms with van der Waals surface area (Å²) in [4.78, 5) is 0. The van der Waals surface area contributed by atoms with Crippen molar-refractivity contribution < 1.29 is 9.52 Å². The minimum absolute atomic E-state index is 0.00106. The molecule has 1 aromatic heterocycles. The Hall–Kier alpha value is -1.70. The van der Waals surface area contributed by atoms with Crippen molar-refractivity contribution in [3.05, 3.63) is 42.0 Å². The van der Waals surface area contributed by atoms with Gasteiger partial charge >= 0.3 is 0 Å². The van der Waals surface area contributed by atoms with E-state index in [0.717, 1.165) is 11.1 Å². The fraction of sp³-hybridized carbons (Fsp3) is 0.231. The molecule has 80 valence electrons. The summed E-state index contributed by atoms with van der Waals surface area (Å²) in [5, 5.41) is 9.23. The Labute approximate surface area is 90.2 Å². The van der Waals surface area contributed by atoms with E-state index in [1.165, 1.54) is 0 Å². The largest absolute Gasteiger partial charge is 0.481 e. The molecule has 0 saturated carbocycles. The third kappa shape index (κ3) is 2.62. The summed E-state index contributed by atoms with van der Waals surface area (Å²) in [7, 11) is 0. The maximum Gasteiger partial charge on any atom is 0.285 e. The first-order valence-electron chi connectivity index (χ1n) is 5.12. The zero-order chi connectivity index (χ0) is 11.3. The first-order valence-corrected chi connectivity index (χ1v) is 5.12. The van der Waals surface area contributed by atoms with Crippen LogP contribution >= 0.6 is 0 Å². The minimum atomic E-state index is -0.00106. The molecule has 0 fully saturated rings.